The predicted octanol–water partition coefficient (Wildman–Crippen LogP) is 8.69. The van der Waals surface area contributed by atoms with Gasteiger partial charge >= 0.3 is 0 Å². The van der Waals surface area contributed by atoms with Crippen LogP contribution in [0.5, 0.6) is 0 Å². The molecule has 0 N–H and O–H groups in total. The van der Waals surface area contributed by atoms with Gasteiger partial charge < -0.3 is 0 Å². The molecule has 3 aromatic carbocycles. The van der Waals surface area contributed by atoms with E-state index >= 15 is 0 Å². The van der Waals surface area contributed by atoms with Gasteiger partial charge in [-0.05, 0) is 59.7 Å². The first kappa shape index (κ1) is 30.4. The molecule has 228 valence electrons. The smallest absolute Gasteiger partial charge is 0.164 e. The van der Waals surface area contributed by atoms with Crippen LogP contribution in [0.2, 0.25) is 0 Å². The molecular formula is C36H36N6S3. The maximum Gasteiger partial charge on any atom is 0.164 e. The van der Waals surface area contributed by atoms with Crippen molar-refractivity contribution >= 4 is 50.4 Å². The third kappa shape index (κ3) is 6.67. The Labute approximate surface area is 278 Å². The lowest BCUT2D eigenvalue weighted by Crippen LogP contribution is -2.15. The molecule has 0 bridgehead atoms. The molecule has 0 spiro atoms. The van der Waals surface area contributed by atoms with Crippen LogP contribution in [0.4, 0.5) is 0 Å². The standard InChI is InChI=1S/C36H36N6S3/c1-34(2)19-43-31(40-34)25-13-7-10-22(16-25)28-37-29(23-11-8-14-26(17-23)32-41-35(3,4)20-44-32)39-30(38-28)24-12-9-15-27(18-24)33-42-36(5,6)21-45-33/h7-18H,19-21H2,1-6H3. The second-order valence-corrected chi connectivity index (χ2v) is 16.5. The van der Waals surface area contributed by atoms with E-state index in [1.165, 1.54) is 0 Å². The molecule has 6 nitrogen and oxygen atoms in total. The van der Waals surface area contributed by atoms with Crippen LogP contribution < -0.4 is 0 Å². The van der Waals surface area contributed by atoms with Gasteiger partial charge in [0.05, 0.1) is 31.7 Å². The molecule has 3 aliphatic heterocycles. The first-order valence-electron chi connectivity index (χ1n) is 15.2. The molecule has 0 saturated carbocycles. The van der Waals surface area contributed by atoms with Gasteiger partial charge in [-0.25, -0.2) is 15.0 Å². The van der Waals surface area contributed by atoms with Crippen LogP contribution in [0.1, 0.15) is 58.2 Å². The number of hydrogen-bond acceptors (Lipinski definition) is 9. The lowest BCUT2D eigenvalue weighted by Gasteiger charge is -2.11. The summed E-state index contributed by atoms with van der Waals surface area (Å²) in [5.74, 6) is 4.83. The number of hydrogen-bond donors (Lipinski definition) is 0. The second kappa shape index (κ2) is 11.5. The molecule has 0 radical (unpaired) electrons. The summed E-state index contributed by atoms with van der Waals surface area (Å²) in [6.07, 6.45) is 0. The average Bonchev–Trinajstić information content (AvgIpc) is 3.71. The van der Waals surface area contributed by atoms with Crippen molar-refractivity contribution in [3.05, 3.63) is 89.5 Å². The van der Waals surface area contributed by atoms with E-state index in [2.05, 4.69) is 114 Å². The first-order chi connectivity index (χ1) is 21.4. The van der Waals surface area contributed by atoms with Crippen LogP contribution in [0, 0.1) is 0 Å². The second-order valence-electron chi connectivity index (χ2n) is 13.6. The van der Waals surface area contributed by atoms with Crippen molar-refractivity contribution in [2.24, 2.45) is 15.0 Å². The highest BCUT2D eigenvalue weighted by molar-refractivity contribution is 8.15. The molecule has 4 aromatic rings. The Morgan fingerprint density at radius 2 is 0.689 bits per heavy atom. The number of aliphatic imine (C=N–C) groups is 3. The zero-order chi connectivity index (χ0) is 31.4. The van der Waals surface area contributed by atoms with Crippen LogP contribution in [-0.4, -0.2) is 64.0 Å². The van der Waals surface area contributed by atoms with Gasteiger partial charge in [-0.2, -0.15) is 0 Å². The Morgan fingerprint density at radius 1 is 0.422 bits per heavy atom. The molecule has 0 saturated heterocycles. The number of rotatable bonds is 6. The van der Waals surface area contributed by atoms with Crippen molar-refractivity contribution < 1.29 is 0 Å². The van der Waals surface area contributed by atoms with Crippen LogP contribution in [0.25, 0.3) is 34.2 Å². The van der Waals surface area contributed by atoms with Gasteiger partial charge in [-0.1, -0.05) is 54.6 Å². The van der Waals surface area contributed by atoms with Gasteiger partial charge in [0.15, 0.2) is 17.5 Å². The zero-order valence-corrected chi connectivity index (χ0v) is 28.9. The fraction of sp³-hybridized carbons (Fsp3) is 0.333. The normalized spacial score (nSPS) is 19.7. The van der Waals surface area contributed by atoms with Gasteiger partial charge in [0.25, 0.3) is 0 Å². The molecule has 9 heteroatoms. The Bertz CT molecular complexity index is 1680. The number of aromatic nitrogens is 3. The van der Waals surface area contributed by atoms with E-state index in [0.29, 0.717) is 17.5 Å². The minimum absolute atomic E-state index is 0.0617. The summed E-state index contributed by atoms with van der Waals surface area (Å²) in [7, 11) is 0. The minimum atomic E-state index is -0.0617. The highest BCUT2D eigenvalue weighted by Crippen LogP contribution is 2.35. The van der Waals surface area contributed by atoms with Gasteiger partial charge in [0.1, 0.15) is 0 Å². The van der Waals surface area contributed by atoms with Crippen LogP contribution in [-0.2, 0) is 0 Å². The largest absolute Gasteiger partial charge is 0.271 e. The number of benzene rings is 3. The van der Waals surface area contributed by atoms with Crippen molar-refractivity contribution in [1.29, 1.82) is 0 Å². The summed E-state index contributed by atoms with van der Waals surface area (Å²) in [5.41, 5.74) is 5.90. The Kier molecular flexibility index (Phi) is 7.77. The molecule has 45 heavy (non-hydrogen) atoms. The Balaban J connectivity index is 1.34. The van der Waals surface area contributed by atoms with Gasteiger partial charge in [0, 0.05) is 50.6 Å². The van der Waals surface area contributed by atoms with E-state index < -0.39 is 0 Å². The van der Waals surface area contributed by atoms with Crippen molar-refractivity contribution in [2.45, 2.75) is 58.2 Å². The third-order valence-corrected chi connectivity index (χ3v) is 12.0. The van der Waals surface area contributed by atoms with E-state index in [-0.39, 0.29) is 16.6 Å². The van der Waals surface area contributed by atoms with Crippen LogP contribution in [0.3, 0.4) is 0 Å². The van der Waals surface area contributed by atoms with Gasteiger partial charge in [-0.3, -0.25) is 15.0 Å². The van der Waals surface area contributed by atoms with E-state index in [9.17, 15) is 0 Å². The fourth-order valence-electron chi connectivity index (χ4n) is 5.33. The maximum absolute atomic E-state index is 5.07. The molecule has 7 rings (SSSR count). The van der Waals surface area contributed by atoms with E-state index in [1.807, 2.05) is 0 Å². The van der Waals surface area contributed by atoms with E-state index in [1.54, 1.807) is 35.3 Å². The summed E-state index contributed by atoms with van der Waals surface area (Å²) < 4.78 is 0. The topological polar surface area (TPSA) is 75.8 Å². The number of nitrogens with zero attached hydrogens (tertiary/aromatic N) is 6. The van der Waals surface area contributed by atoms with Gasteiger partial charge in [0.2, 0.25) is 0 Å². The molecule has 0 amide bonds. The first-order valence-corrected chi connectivity index (χ1v) is 18.1. The Hall–Kier alpha value is -3.27. The lowest BCUT2D eigenvalue weighted by molar-refractivity contribution is 0.605. The van der Waals surface area contributed by atoms with Gasteiger partial charge in [-0.15, -0.1) is 35.3 Å². The molecule has 0 fully saturated rings. The monoisotopic (exact) mass is 648 g/mol. The average molecular weight is 649 g/mol. The molecule has 0 atom stereocenters. The van der Waals surface area contributed by atoms with Crippen LogP contribution in [0.15, 0.2) is 87.8 Å². The quantitative estimate of drug-likeness (QED) is 0.208. The number of thioether (sulfide) groups is 3. The summed E-state index contributed by atoms with van der Waals surface area (Å²) in [6.45, 7) is 13.1. The molecule has 0 aliphatic carbocycles. The van der Waals surface area contributed by atoms with Crippen molar-refractivity contribution in [3.8, 4) is 34.2 Å². The Morgan fingerprint density at radius 3 is 0.933 bits per heavy atom. The van der Waals surface area contributed by atoms with E-state index in [4.69, 9.17) is 29.9 Å². The minimum Gasteiger partial charge on any atom is -0.271 e. The molecule has 4 heterocycles. The third-order valence-electron chi connectivity index (χ3n) is 7.64. The molecule has 1 aromatic heterocycles. The predicted molar refractivity (Wildman–Crippen MR) is 195 cm³/mol. The highest BCUT2D eigenvalue weighted by Gasteiger charge is 2.28. The summed E-state index contributed by atoms with van der Waals surface area (Å²) in [4.78, 5) is 30.1. The SMILES string of the molecule is CC1(C)CSC(c2cccc(-c3nc(-c4cccc(C5=NC(C)(C)CS5)c4)nc(-c4cccc(C5=NC(C)(C)CS5)c4)n3)c2)=N1. The zero-order valence-electron chi connectivity index (χ0n) is 26.5. The van der Waals surface area contributed by atoms with Crippen molar-refractivity contribution in [1.82, 2.24) is 15.0 Å². The van der Waals surface area contributed by atoms with E-state index in [0.717, 1.165) is 65.8 Å². The summed E-state index contributed by atoms with van der Waals surface area (Å²) >= 11 is 5.41. The van der Waals surface area contributed by atoms with Crippen molar-refractivity contribution in [2.75, 3.05) is 17.3 Å². The summed E-state index contributed by atoms with van der Waals surface area (Å²) in [5, 5.41) is 3.19. The molecule has 3 aliphatic rings. The molecular weight excluding hydrogens is 613 g/mol. The maximum atomic E-state index is 5.07. The lowest BCUT2D eigenvalue weighted by atomic mass is 10.1. The van der Waals surface area contributed by atoms with Crippen LogP contribution >= 0.6 is 35.3 Å². The summed E-state index contributed by atoms with van der Waals surface area (Å²) in [6, 6.07) is 25.2. The fourth-order valence-corrected chi connectivity index (χ4v) is 8.81. The van der Waals surface area contributed by atoms with Crippen molar-refractivity contribution in [3.63, 3.8) is 0 Å². The highest BCUT2D eigenvalue weighted by atomic mass is 32.2. The molecule has 0 unspecified atom stereocenters.